The Balaban J connectivity index is 1.91. The Labute approximate surface area is 141 Å². The number of para-hydroxylation sites is 1. The van der Waals surface area contributed by atoms with Gasteiger partial charge in [0.25, 0.3) is 5.56 Å². The number of ether oxygens (including phenoxy) is 1. The average Bonchev–Trinajstić information content (AvgIpc) is 2.98. The van der Waals surface area contributed by atoms with Crippen molar-refractivity contribution in [3.63, 3.8) is 0 Å². The average molecular weight is 323 g/mol. The molecule has 0 radical (unpaired) electrons. The van der Waals surface area contributed by atoms with Crippen LogP contribution in [0.3, 0.4) is 0 Å². The van der Waals surface area contributed by atoms with E-state index in [0.29, 0.717) is 18.7 Å². The fraction of sp³-hybridized carbons (Fsp3) is 0.263. The number of imidazole rings is 1. The summed E-state index contributed by atoms with van der Waals surface area (Å²) < 4.78 is 7.75. The lowest BCUT2D eigenvalue weighted by molar-refractivity contribution is 0.318. The number of rotatable bonds is 6. The lowest BCUT2D eigenvalue weighted by atomic mass is 10.1. The van der Waals surface area contributed by atoms with Crippen LogP contribution in [0.4, 0.5) is 0 Å². The zero-order chi connectivity index (χ0) is 16.9. The fourth-order valence-corrected chi connectivity index (χ4v) is 2.58. The highest BCUT2D eigenvalue weighted by Gasteiger charge is 2.10. The normalized spacial score (nSPS) is 10.8. The van der Waals surface area contributed by atoms with Crippen molar-refractivity contribution in [2.45, 2.75) is 26.8 Å². The summed E-state index contributed by atoms with van der Waals surface area (Å²) in [6.45, 7) is 5.27. The Kier molecular flexibility index (Phi) is 4.79. The lowest BCUT2D eigenvalue weighted by Gasteiger charge is -2.11. The largest absolute Gasteiger partial charge is 0.493 e. The maximum Gasteiger partial charge on any atom is 0.256 e. The lowest BCUT2D eigenvalue weighted by Crippen LogP contribution is -2.14. The first kappa shape index (κ1) is 16.1. The van der Waals surface area contributed by atoms with Gasteiger partial charge in [0.1, 0.15) is 5.75 Å². The van der Waals surface area contributed by atoms with Crippen molar-refractivity contribution >= 4 is 0 Å². The first-order valence-electron chi connectivity index (χ1n) is 8.10. The molecule has 3 aromatic rings. The Morgan fingerprint density at radius 3 is 2.71 bits per heavy atom. The van der Waals surface area contributed by atoms with Crippen molar-refractivity contribution in [3.8, 4) is 16.9 Å². The summed E-state index contributed by atoms with van der Waals surface area (Å²) in [6.07, 6.45) is 4.48. The van der Waals surface area contributed by atoms with Crippen LogP contribution in [0.15, 0.2) is 53.7 Å². The van der Waals surface area contributed by atoms with E-state index in [2.05, 4.69) is 16.9 Å². The van der Waals surface area contributed by atoms with E-state index in [-0.39, 0.29) is 5.56 Å². The highest BCUT2D eigenvalue weighted by molar-refractivity contribution is 5.69. The van der Waals surface area contributed by atoms with E-state index >= 15 is 0 Å². The predicted octanol–water partition coefficient (Wildman–Crippen LogP) is 3.38. The van der Waals surface area contributed by atoms with E-state index < -0.39 is 0 Å². The van der Waals surface area contributed by atoms with Gasteiger partial charge in [0.2, 0.25) is 0 Å². The Hall–Kier alpha value is -2.82. The third kappa shape index (κ3) is 3.40. The van der Waals surface area contributed by atoms with Gasteiger partial charge in [-0.25, -0.2) is 4.98 Å². The molecular formula is C19H21N3O2. The molecule has 0 aliphatic heterocycles. The fourth-order valence-electron chi connectivity index (χ4n) is 2.58. The zero-order valence-corrected chi connectivity index (χ0v) is 14.0. The molecule has 0 amide bonds. The van der Waals surface area contributed by atoms with Gasteiger partial charge in [-0.15, -0.1) is 0 Å². The van der Waals surface area contributed by atoms with Gasteiger partial charge in [0.05, 0.1) is 25.0 Å². The van der Waals surface area contributed by atoms with E-state index in [1.165, 1.54) is 0 Å². The van der Waals surface area contributed by atoms with Gasteiger partial charge < -0.3 is 14.3 Å². The second-order valence-corrected chi connectivity index (χ2v) is 5.73. The number of nitrogens with one attached hydrogen (secondary N) is 1. The summed E-state index contributed by atoms with van der Waals surface area (Å²) in [7, 11) is 0. The molecular weight excluding hydrogens is 302 g/mol. The summed E-state index contributed by atoms with van der Waals surface area (Å²) in [5, 5.41) is 0. The maximum atomic E-state index is 12.5. The Bertz CT molecular complexity index is 880. The van der Waals surface area contributed by atoms with Crippen molar-refractivity contribution in [2.75, 3.05) is 6.61 Å². The molecule has 124 valence electrons. The summed E-state index contributed by atoms with van der Waals surface area (Å²) in [5.41, 5.74) is 3.22. The van der Waals surface area contributed by atoms with Gasteiger partial charge in [-0.1, -0.05) is 25.1 Å². The Morgan fingerprint density at radius 2 is 2.00 bits per heavy atom. The number of pyridine rings is 1. The smallest absolute Gasteiger partial charge is 0.256 e. The molecule has 1 N–H and O–H groups in total. The van der Waals surface area contributed by atoms with E-state index in [0.717, 1.165) is 29.1 Å². The molecule has 3 rings (SSSR count). The van der Waals surface area contributed by atoms with Crippen molar-refractivity contribution in [3.05, 3.63) is 70.7 Å². The monoisotopic (exact) mass is 323 g/mol. The topological polar surface area (TPSA) is 59.9 Å². The molecule has 2 heterocycles. The minimum atomic E-state index is -0.113. The van der Waals surface area contributed by atoms with E-state index in [1.807, 2.05) is 47.9 Å². The van der Waals surface area contributed by atoms with Crippen LogP contribution in [-0.4, -0.2) is 21.1 Å². The zero-order valence-electron chi connectivity index (χ0n) is 14.0. The Morgan fingerprint density at radius 1 is 1.17 bits per heavy atom. The highest BCUT2D eigenvalue weighted by atomic mass is 16.5. The molecule has 0 saturated carbocycles. The second kappa shape index (κ2) is 7.17. The van der Waals surface area contributed by atoms with Crippen molar-refractivity contribution < 1.29 is 4.74 Å². The molecule has 5 heteroatoms. The SMILES string of the molecule is CCCOc1ccccc1-c1ccc(Cn2cncc2C)[nH]c1=O. The molecule has 0 aliphatic carbocycles. The van der Waals surface area contributed by atoms with Gasteiger partial charge in [-0.3, -0.25) is 4.79 Å². The summed E-state index contributed by atoms with van der Waals surface area (Å²) in [4.78, 5) is 19.6. The van der Waals surface area contributed by atoms with Crippen LogP contribution < -0.4 is 10.3 Å². The minimum absolute atomic E-state index is 0.113. The van der Waals surface area contributed by atoms with Crippen molar-refractivity contribution in [2.24, 2.45) is 0 Å². The van der Waals surface area contributed by atoms with Gasteiger partial charge in [-0.05, 0) is 31.5 Å². The highest BCUT2D eigenvalue weighted by Crippen LogP contribution is 2.27. The van der Waals surface area contributed by atoms with Crippen LogP contribution in [0.2, 0.25) is 0 Å². The predicted molar refractivity (Wildman–Crippen MR) is 94.4 cm³/mol. The number of nitrogens with zero attached hydrogens (tertiary/aromatic N) is 2. The number of hydrogen-bond donors (Lipinski definition) is 1. The van der Waals surface area contributed by atoms with Crippen molar-refractivity contribution in [1.82, 2.24) is 14.5 Å². The molecule has 24 heavy (non-hydrogen) atoms. The quantitative estimate of drug-likeness (QED) is 0.756. The first-order chi connectivity index (χ1) is 11.7. The summed E-state index contributed by atoms with van der Waals surface area (Å²) in [6, 6.07) is 11.4. The summed E-state index contributed by atoms with van der Waals surface area (Å²) >= 11 is 0. The third-order valence-electron chi connectivity index (χ3n) is 3.87. The molecule has 0 saturated heterocycles. The number of benzene rings is 1. The van der Waals surface area contributed by atoms with Crippen LogP contribution in [0.1, 0.15) is 24.7 Å². The molecule has 0 fully saturated rings. The molecule has 1 aromatic carbocycles. The number of aryl methyl sites for hydroxylation is 1. The van der Waals surface area contributed by atoms with Crippen LogP contribution in [0.5, 0.6) is 5.75 Å². The van der Waals surface area contributed by atoms with Gasteiger partial charge in [-0.2, -0.15) is 0 Å². The minimum Gasteiger partial charge on any atom is -0.493 e. The van der Waals surface area contributed by atoms with E-state index in [1.54, 1.807) is 12.5 Å². The molecule has 0 unspecified atom stereocenters. The number of aromatic nitrogens is 3. The standard InChI is InChI=1S/C19H21N3O2/c1-3-10-24-18-7-5-4-6-16(18)17-9-8-15(21-19(17)23)12-22-13-20-11-14(22)2/h4-9,11,13H,3,10,12H2,1-2H3,(H,21,23). The van der Waals surface area contributed by atoms with Crippen molar-refractivity contribution in [1.29, 1.82) is 0 Å². The second-order valence-electron chi connectivity index (χ2n) is 5.73. The van der Waals surface area contributed by atoms with Crippen LogP contribution >= 0.6 is 0 Å². The molecule has 5 nitrogen and oxygen atoms in total. The first-order valence-corrected chi connectivity index (χ1v) is 8.10. The van der Waals surface area contributed by atoms with E-state index in [4.69, 9.17) is 4.74 Å². The maximum absolute atomic E-state index is 12.5. The third-order valence-corrected chi connectivity index (χ3v) is 3.87. The number of H-pyrrole nitrogens is 1. The summed E-state index contributed by atoms with van der Waals surface area (Å²) in [5.74, 6) is 0.739. The number of aromatic amines is 1. The van der Waals surface area contributed by atoms with E-state index in [9.17, 15) is 4.79 Å². The molecule has 0 aliphatic rings. The van der Waals surface area contributed by atoms with Crippen LogP contribution in [0, 0.1) is 6.92 Å². The molecule has 0 bridgehead atoms. The molecule has 0 spiro atoms. The van der Waals surface area contributed by atoms with Gasteiger partial charge in [0.15, 0.2) is 0 Å². The molecule has 0 atom stereocenters. The van der Waals surface area contributed by atoms with Crippen LogP contribution in [-0.2, 0) is 6.54 Å². The van der Waals surface area contributed by atoms with Gasteiger partial charge >= 0.3 is 0 Å². The number of hydrogen-bond acceptors (Lipinski definition) is 3. The van der Waals surface area contributed by atoms with Crippen LogP contribution in [0.25, 0.3) is 11.1 Å². The molecule has 2 aromatic heterocycles. The van der Waals surface area contributed by atoms with Gasteiger partial charge in [0, 0.05) is 23.1 Å².